The van der Waals surface area contributed by atoms with Crippen LogP contribution in [0.3, 0.4) is 0 Å². The van der Waals surface area contributed by atoms with Crippen molar-refractivity contribution < 1.29 is 0 Å². The van der Waals surface area contributed by atoms with Gasteiger partial charge < -0.3 is 14.5 Å². The minimum atomic E-state index is -0.0614. The molecule has 1 aliphatic heterocycles. The first-order valence-corrected chi connectivity index (χ1v) is 16.6. The predicted octanol–water partition coefficient (Wildman–Crippen LogP) is 9.98. The second-order valence-corrected chi connectivity index (χ2v) is 12.7. The monoisotopic (exact) mass is 616 g/mol. The average Bonchev–Trinajstić information content (AvgIpc) is 3.66. The van der Waals surface area contributed by atoms with Crippen LogP contribution >= 0.6 is 0 Å². The molecule has 2 atom stereocenters. The zero-order chi connectivity index (χ0) is 31.6. The molecule has 10 rings (SSSR count). The Morgan fingerprint density at radius 2 is 1.08 bits per heavy atom. The summed E-state index contributed by atoms with van der Waals surface area (Å²) in [5.74, 6) is 0. The normalized spacial score (nSPS) is 17.4. The van der Waals surface area contributed by atoms with Crippen LogP contribution in [0, 0.1) is 0 Å². The summed E-state index contributed by atoms with van der Waals surface area (Å²) in [6, 6.07) is 52.8. The van der Waals surface area contributed by atoms with E-state index in [4.69, 9.17) is 0 Å². The summed E-state index contributed by atoms with van der Waals surface area (Å²) in [4.78, 5) is 0. The lowest BCUT2D eigenvalue weighted by molar-refractivity contribution is 0.460. The van der Waals surface area contributed by atoms with Gasteiger partial charge in [-0.25, -0.2) is 0 Å². The number of benzene rings is 6. The van der Waals surface area contributed by atoms with Gasteiger partial charge in [0.05, 0.1) is 28.1 Å². The third-order valence-electron chi connectivity index (χ3n) is 9.95. The number of rotatable bonds is 4. The molecule has 3 heterocycles. The van der Waals surface area contributed by atoms with Gasteiger partial charge in [0.2, 0.25) is 0 Å². The maximum Gasteiger partial charge on any atom is 0.104 e. The summed E-state index contributed by atoms with van der Waals surface area (Å²) in [6.07, 6.45) is 8.66. The summed E-state index contributed by atoms with van der Waals surface area (Å²) >= 11 is 0. The topological polar surface area (TPSA) is 33.9 Å². The Morgan fingerprint density at radius 1 is 0.479 bits per heavy atom. The third-order valence-corrected chi connectivity index (χ3v) is 9.95. The highest BCUT2D eigenvalue weighted by atomic mass is 15.2. The lowest BCUT2D eigenvalue weighted by atomic mass is 9.92. The molecule has 8 aromatic rings. The van der Waals surface area contributed by atoms with Crippen LogP contribution in [-0.4, -0.2) is 15.2 Å². The van der Waals surface area contributed by atoms with E-state index >= 15 is 0 Å². The quantitative estimate of drug-likeness (QED) is 0.206. The number of nitrogens with one attached hydrogen (secondary N) is 2. The zero-order valence-corrected chi connectivity index (χ0v) is 26.2. The van der Waals surface area contributed by atoms with Crippen molar-refractivity contribution in [3.8, 4) is 11.4 Å². The molecule has 2 N–H and O–H groups in total. The molecule has 0 saturated carbocycles. The Labute approximate surface area is 278 Å². The summed E-state index contributed by atoms with van der Waals surface area (Å²) in [5, 5.41) is 12.7. The van der Waals surface area contributed by atoms with Gasteiger partial charge in [-0.1, -0.05) is 121 Å². The smallest absolute Gasteiger partial charge is 0.104 e. The van der Waals surface area contributed by atoms with Crippen LogP contribution in [0.4, 0.5) is 0 Å². The molecule has 4 nitrogen and oxygen atoms in total. The molecule has 0 spiro atoms. The van der Waals surface area contributed by atoms with Gasteiger partial charge in [-0.15, -0.1) is 0 Å². The minimum Gasteiger partial charge on any atom is -0.365 e. The van der Waals surface area contributed by atoms with Crippen molar-refractivity contribution in [2.75, 3.05) is 0 Å². The molecular formula is C44H32N4. The first-order valence-electron chi connectivity index (χ1n) is 16.6. The summed E-state index contributed by atoms with van der Waals surface area (Å²) in [7, 11) is 0. The average molecular weight is 617 g/mol. The van der Waals surface area contributed by atoms with Crippen molar-refractivity contribution in [2.24, 2.45) is 0 Å². The van der Waals surface area contributed by atoms with E-state index in [2.05, 4.69) is 190 Å². The molecule has 0 amide bonds. The number of hydrogen-bond donors (Lipinski definition) is 2. The zero-order valence-electron chi connectivity index (χ0n) is 26.2. The van der Waals surface area contributed by atoms with Crippen LogP contribution in [0.15, 0.2) is 175 Å². The van der Waals surface area contributed by atoms with E-state index in [1.54, 1.807) is 0 Å². The van der Waals surface area contributed by atoms with Crippen molar-refractivity contribution in [3.63, 3.8) is 0 Å². The van der Waals surface area contributed by atoms with Crippen LogP contribution in [0.2, 0.25) is 0 Å². The highest BCUT2D eigenvalue weighted by Crippen LogP contribution is 2.40. The van der Waals surface area contributed by atoms with E-state index in [1.807, 2.05) is 0 Å². The SMILES string of the molecule is C1=CC2=C(c3ccccc3)NC(c3cccc(-n4c5ccccc5c5cc6c(cc54)c4ccccc4n6-c4ccccc4)c3)NC2C=C1. The van der Waals surface area contributed by atoms with Crippen LogP contribution in [0.1, 0.15) is 17.3 Å². The van der Waals surface area contributed by atoms with Crippen molar-refractivity contribution in [2.45, 2.75) is 12.2 Å². The fraction of sp³-hybridized carbons (Fsp3) is 0.0455. The van der Waals surface area contributed by atoms with Gasteiger partial charge in [0, 0.05) is 38.6 Å². The number of aromatic nitrogens is 2. The summed E-state index contributed by atoms with van der Waals surface area (Å²) in [6.45, 7) is 0. The Morgan fingerprint density at radius 3 is 1.79 bits per heavy atom. The maximum atomic E-state index is 3.87. The van der Waals surface area contributed by atoms with Gasteiger partial charge in [0.1, 0.15) is 6.17 Å². The van der Waals surface area contributed by atoms with E-state index < -0.39 is 0 Å². The molecule has 0 radical (unpaired) electrons. The number of nitrogens with zero attached hydrogens (tertiary/aromatic N) is 2. The van der Waals surface area contributed by atoms with Gasteiger partial charge in [0.25, 0.3) is 0 Å². The Balaban J connectivity index is 1.17. The Kier molecular flexibility index (Phi) is 6.05. The molecule has 1 aliphatic carbocycles. The predicted molar refractivity (Wildman–Crippen MR) is 200 cm³/mol. The van der Waals surface area contributed by atoms with Gasteiger partial charge in [-0.3, -0.25) is 5.32 Å². The lowest BCUT2D eigenvalue weighted by Crippen LogP contribution is -2.45. The van der Waals surface area contributed by atoms with Crippen molar-refractivity contribution >= 4 is 49.3 Å². The van der Waals surface area contributed by atoms with E-state index in [-0.39, 0.29) is 12.2 Å². The summed E-state index contributed by atoms with van der Waals surface area (Å²) < 4.78 is 4.84. The van der Waals surface area contributed by atoms with Crippen molar-refractivity contribution in [3.05, 3.63) is 187 Å². The molecule has 0 fully saturated rings. The van der Waals surface area contributed by atoms with Crippen LogP contribution < -0.4 is 10.6 Å². The molecule has 6 aromatic carbocycles. The molecule has 228 valence electrons. The number of allylic oxidation sites excluding steroid dienone is 2. The number of fused-ring (bicyclic) bond motifs is 7. The third kappa shape index (κ3) is 4.13. The highest BCUT2D eigenvalue weighted by Gasteiger charge is 2.28. The fourth-order valence-electron chi connectivity index (χ4n) is 7.82. The van der Waals surface area contributed by atoms with Crippen molar-refractivity contribution in [1.82, 2.24) is 19.8 Å². The highest BCUT2D eigenvalue weighted by molar-refractivity contribution is 6.19. The maximum absolute atomic E-state index is 3.87. The minimum absolute atomic E-state index is 0.0614. The van der Waals surface area contributed by atoms with E-state index in [9.17, 15) is 0 Å². The van der Waals surface area contributed by atoms with E-state index in [1.165, 1.54) is 71.7 Å². The van der Waals surface area contributed by atoms with Crippen LogP contribution in [0.5, 0.6) is 0 Å². The molecular weight excluding hydrogens is 585 g/mol. The molecule has 0 saturated heterocycles. The second-order valence-electron chi connectivity index (χ2n) is 12.7. The Bertz CT molecular complexity index is 2620. The molecule has 2 aliphatic rings. The standard InChI is InChI=1S/C44H32N4/c1-3-14-29(15-4-1)43-35-22-7-10-23-38(35)45-44(46-43)30-16-13-19-32(26-30)48-40-25-12-9-21-34(40)37-27-41-36(28-42(37)48)33-20-8-11-24-39(33)47(41)31-17-5-2-6-18-31/h1-28,38,44-46H. The van der Waals surface area contributed by atoms with Crippen LogP contribution in [-0.2, 0) is 0 Å². The summed E-state index contributed by atoms with van der Waals surface area (Å²) in [5.41, 5.74) is 12.0. The molecule has 0 bridgehead atoms. The van der Waals surface area contributed by atoms with Gasteiger partial charge in [-0.2, -0.15) is 0 Å². The first-order chi connectivity index (χ1) is 23.8. The lowest BCUT2D eigenvalue weighted by Gasteiger charge is -2.36. The van der Waals surface area contributed by atoms with Crippen LogP contribution in [0.25, 0.3) is 60.7 Å². The molecule has 2 unspecified atom stereocenters. The van der Waals surface area contributed by atoms with E-state index in [0.717, 1.165) is 5.69 Å². The van der Waals surface area contributed by atoms with Crippen molar-refractivity contribution in [1.29, 1.82) is 0 Å². The molecule has 4 heteroatoms. The fourth-order valence-corrected chi connectivity index (χ4v) is 7.82. The van der Waals surface area contributed by atoms with E-state index in [0.29, 0.717) is 0 Å². The second kappa shape index (κ2) is 10.7. The number of para-hydroxylation sites is 3. The molecule has 2 aromatic heterocycles. The number of hydrogen-bond acceptors (Lipinski definition) is 2. The van der Waals surface area contributed by atoms with Gasteiger partial charge in [0.15, 0.2) is 0 Å². The largest absolute Gasteiger partial charge is 0.365 e. The first kappa shape index (κ1) is 27.1. The Hall–Kier alpha value is -6.10. The molecule has 48 heavy (non-hydrogen) atoms. The van der Waals surface area contributed by atoms with Gasteiger partial charge in [-0.05, 0) is 65.2 Å². The van der Waals surface area contributed by atoms with Gasteiger partial charge >= 0.3 is 0 Å².